The summed E-state index contributed by atoms with van der Waals surface area (Å²) >= 11 is 0. The Labute approximate surface area is 188 Å². The molecule has 28 heavy (non-hydrogen) atoms. The molecule has 0 radical (unpaired) electrons. The van der Waals surface area contributed by atoms with E-state index in [1.165, 1.54) is 0 Å². The fourth-order valence-electron chi connectivity index (χ4n) is 3.08. The molecule has 0 aliphatic rings. The highest BCUT2D eigenvalue weighted by atomic mass is 127. The number of hydrogen-bond acceptors (Lipinski definition) is 4. The summed E-state index contributed by atoms with van der Waals surface area (Å²) < 4.78 is 11.3. The third-order valence-electron chi connectivity index (χ3n) is 4.65. The average molecular weight is 506 g/mol. The second kappa shape index (κ2) is 14.9. The molecule has 162 valence electrons. The SMILES string of the molecule is CCOC(CCNC(=NC)NCC(c1ccccc1OC)N(C)C)C(C)C.I. The van der Waals surface area contributed by atoms with Crippen LogP contribution >= 0.6 is 24.0 Å². The van der Waals surface area contributed by atoms with Crippen molar-refractivity contribution in [2.45, 2.75) is 39.3 Å². The van der Waals surface area contributed by atoms with Gasteiger partial charge in [-0.15, -0.1) is 24.0 Å². The summed E-state index contributed by atoms with van der Waals surface area (Å²) in [6.45, 7) is 8.74. The van der Waals surface area contributed by atoms with E-state index >= 15 is 0 Å². The quantitative estimate of drug-likeness (QED) is 0.273. The number of nitrogens with one attached hydrogen (secondary N) is 2. The van der Waals surface area contributed by atoms with E-state index in [9.17, 15) is 0 Å². The number of halogens is 1. The summed E-state index contributed by atoms with van der Waals surface area (Å²) in [6, 6.07) is 8.31. The van der Waals surface area contributed by atoms with Gasteiger partial charge in [0.15, 0.2) is 5.96 Å². The third-order valence-corrected chi connectivity index (χ3v) is 4.65. The second-order valence-corrected chi connectivity index (χ2v) is 7.13. The van der Waals surface area contributed by atoms with E-state index in [-0.39, 0.29) is 36.1 Å². The largest absolute Gasteiger partial charge is 0.496 e. The van der Waals surface area contributed by atoms with Crippen LogP contribution in [0.1, 0.15) is 38.8 Å². The summed E-state index contributed by atoms with van der Waals surface area (Å²) in [5.74, 6) is 2.21. The Balaban J connectivity index is 0.00000729. The van der Waals surface area contributed by atoms with Crippen LogP contribution in [0.4, 0.5) is 0 Å². The Kier molecular flexibility index (Phi) is 14.3. The average Bonchev–Trinajstić information content (AvgIpc) is 2.65. The lowest BCUT2D eigenvalue weighted by Gasteiger charge is -2.27. The van der Waals surface area contributed by atoms with Gasteiger partial charge >= 0.3 is 0 Å². The normalized spacial score (nSPS) is 13.8. The molecule has 0 spiro atoms. The summed E-state index contributed by atoms with van der Waals surface area (Å²) in [5, 5.41) is 6.83. The zero-order chi connectivity index (χ0) is 20.2. The first kappa shape index (κ1) is 26.9. The van der Waals surface area contributed by atoms with Crippen LogP contribution in [0.5, 0.6) is 5.75 Å². The molecule has 7 heteroatoms. The Bertz CT molecular complexity index is 567. The number of hydrogen-bond donors (Lipinski definition) is 2. The van der Waals surface area contributed by atoms with E-state index in [4.69, 9.17) is 9.47 Å². The monoisotopic (exact) mass is 506 g/mol. The van der Waals surface area contributed by atoms with E-state index in [0.717, 1.165) is 43.4 Å². The Morgan fingerprint density at radius 1 is 1.18 bits per heavy atom. The van der Waals surface area contributed by atoms with E-state index in [2.05, 4.69) is 54.5 Å². The number of nitrogens with zero attached hydrogens (tertiary/aromatic N) is 2. The summed E-state index contributed by atoms with van der Waals surface area (Å²) in [7, 11) is 7.66. The van der Waals surface area contributed by atoms with Crippen LogP contribution in [0.3, 0.4) is 0 Å². The van der Waals surface area contributed by atoms with Crippen LogP contribution in [0.25, 0.3) is 0 Å². The molecule has 6 nitrogen and oxygen atoms in total. The van der Waals surface area contributed by atoms with Crippen molar-refractivity contribution in [1.29, 1.82) is 0 Å². The Morgan fingerprint density at radius 3 is 2.39 bits per heavy atom. The summed E-state index contributed by atoms with van der Waals surface area (Å²) in [6.07, 6.45) is 1.22. The molecule has 0 fully saturated rings. The van der Waals surface area contributed by atoms with E-state index < -0.39 is 0 Å². The number of ether oxygens (including phenoxy) is 2. The highest BCUT2D eigenvalue weighted by Gasteiger charge is 2.19. The molecular weight excluding hydrogens is 467 g/mol. The predicted molar refractivity (Wildman–Crippen MR) is 129 cm³/mol. The number of aliphatic imine (C=N–C) groups is 1. The lowest BCUT2D eigenvalue weighted by molar-refractivity contribution is 0.0258. The topological polar surface area (TPSA) is 58.1 Å². The number of rotatable bonds is 11. The van der Waals surface area contributed by atoms with Crippen LogP contribution in [-0.4, -0.2) is 64.9 Å². The summed E-state index contributed by atoms with van der Waals surface area (Å²) in [4.78, 5) is 6.53. The molecule has 0 aromatic heterocycles. The molecule has 1 rings (SSSR count). The first-order valence-corrected chi connectivity index (χ1v) is 9.79. The lowest BCUT2D eigenvalue weighted by atomic mass is 10.0. The van der Waals surface area contributed by atoms with Crippen molar-refractivity contribution in [3.05, 3.63) is 29.8 Å². The van der Waals surface area contributed by atoms with Crippen LogP contribution in [0.2, 0.25) is 0 Å². The maximum Gasteiger partial charge on any atom is 0.191 e. The first-order valence-electron chi connectivity index (χ1n) is 9.79. The van der Waals surface area contributed by atoms with Crippen LogP contribution in [0, 0.1) is 5.92 Å². The molecule has 0 aliphatic carbocycles. The van der Waals surface area contributed by atoms with Crippen LogP contribution in [0.15, 0.2) is 29.3 Å². The van der Waals surface area contributed by atoms with Gasteiger partial charge in [0, 0.05) is 32.3 Å². The van der Waals surface area contributed by atoms with Gasteiger partial charge in [-0.2, -0.15) is 0 Å². The predicted octanol–water partition coefficient (Wildman–Crippen LogP) is 3.53. The molecule has 1 aromatic rings. The minimum Gasteiger partial charge on any atom is -0.496 e. The smallest absolute Gasteiger partial charge is 0.191 e. The third kappa shape index (κ3) is 8.96. The highest BCUT2D eigenvalue weighted by Crippen LogP contribution is 2.27. The zero-order valence-electron chi connectivity index (χ0n) is 18.5. The number of methoxy groups -OCH3 is 1. The van der Waals surface area contributed by atoms with Gasteiger partial charge in [0.05, 0.1) is 19.3 Å². The van der Waals surface area contributed by atoms with Crippen molar-refractivity contribution in [2.75, 3.05) is 47.9 Å². The van der Waals surface area contributed by atoms with Gasteiger partial charge in [0.2, 0.25) is 0 Å². The van der Waals surface area contributed by atoms with Crippen LogP contribution in [-0.2, 0) is 4.74 Å². The van der Waals surface area contributed by atoms with Crippen molar-refractivity contribution in [2.24, 2.45) is 10.9 Å². The molecule has 2 unspecified atom stereocenters. The van der Waals surface area contributed by atoms with Gasteiger partial charge < -0.3 is 25.0 Å². The van der Waals surface area contributed by atoms with Gasteiger partial charge in [0.25, 0.3) is 0 Å². The molecule has 0 aliphatic heterocycles. The summed E-state index contributed by atoms with van der Waals surface area (Å²) in [5.41, 5.74) is 1.16. The fourth-order valence-corrected chi connectivity index (χ4v) is 3.08. The maximum atomic E-state index is 5.81. The highest BCUT2D eigenvalue weighted by molar-refractivity contribution is 14.0. The molecular formula is C21H39IN4O2. The fraction of sp³-hybridized carbons (Fsp3) is 0.667. The minimum atomic E-state index is 0. The number of benzene rings is 1. The molecule has 0 bridgehead atoms. The van der Waals surface area contributed by atoms with Gasteiger partial charge in [-0.25, -0.2) is 0 Å². The Hall–Kier alpha value is -1.06. The van der Waals surface area contributed by atoms with E-state index in [1.54, 1.807) is 14.2 Å². The van der Waals surface area contributed by atoms with Crippen molar-refractivity contribution < 1.29 is 9.47 Å². The first-order chi connectivity index (χ1) is 12.9. The van der Waals surface area contributed by atoms with Crippen molar-refractivity contribution in [1.82, 2.24) is 15.5 Å². The van der Waals surface area contributed by atoms with E-state index in [1.807, 2.05) is 25.1 Å². The molecule has 0 amide bonds. The second-order valence-electron chi connectivity index (χ2n) is 7.13. The molecule has 0 saturated carbocycles. The van der Waals surface area contributed by atoms with E-state index in [0.29, 0.717) is 5.92 Å². The van der Waals surface area contributed by atoms with Gasteiger partial charge in [-0.05, 0) is 39.4 Å². The molecule has 0 heterocycles. The number of para-hydroxylation sites is 1. The van der Waals surface area contributed by atoms with Gasteiger partial charge in [0.1, 0.15) is 5.75 Å². The molecule has 0 saturated heterocycles. The zero-order valence-corrected chi connectivity index (χ0v) is 20.8. The standard InChI is InChI=1S/C21H38N4O2.HI/c1-8-27-19(16(2)3)13-14-23-21(22-4)24-15-18(25(5)6)17-11-9-10-12-20(17)26-7;/h9-12,16,18-19H,8,13-15H2,1-7H3,(H2,22,23,24);1H. The van der Waals surface area contributed by atoms with Crippen molar-refractivity contribution in [3.63, 3.8) is 0 Å². The Morgan fingerprint density at radius 2 is 1.86 bits per heavy atom. The number of guanidine groups is 1. The van der Waals surface area contributed by atoms with Gasteiger partial charge in [-0.1, -0.05) is 32.0 Å². The minimum absolute atomic E-state index is 0. The molecule has 2 N–H and O–H groups in total. The van der Waals surface area contributed by atoms with Crippen LogP contribution < -0.4 is 15.4 Å². The molecule has 1 aromatic carbocycles. The maximum absolute atomic E-state index is 5.81. The number of likely N-dealkylation sites (N-methyl/N-ethyl adjacent to an activating group) is 1. The lowest BCUT2D eigenvalue weighted by Crippen LogP contribution is -2.42. The van der Waals surface area contributed by atoms with Gasteiger partial charge in [-0.3, -0.25) is 4.99 Å². The van der Waals surface area contributed by atoms with Crippen molar-refractivity contribution in [3.8, 4) is 5.75 Å². The molecule has 2 atom stereocenters. The van der Waals surface area contributed by atoms with Crippen molar-refractivity contribution >= 4 is 29.9 Å².